The highest BCUT2D eigenvalue weighted by Gasteiger charge is 2.23. The Bertz CT molecular complexity index is 1390. The molecule has 0 spiro atoms. The van der Waals surface area contributed by atoms with Crippen LogP contribution in [-0.2, 0) is 11.3 Å². The second-order valence-corrected chi connectivity index (χ2v) is 9.36. The minimum atomic E-state index is -0.114. The van der Waals surface area contributed by atoms with Gasteiger partial charge in [0.1, 0.15) is 5.82 Å². The number of carbonyl (C=O) groups is 1. The third kappa shape index (κ3) is 4.74. The lowest BCUT2D eigenvalue weighted by molar-refractivity contribution is 0.0963. The molecule has 2 aromatic heterocycles. The molecule has 1 saturated carbocycles. The molecule has 9 heteroatoms. The van der Waals surface area contributed by atoms with Crippen molar-refractivity contribution in [3.05, 3.63) is 60.3 Å². The maximum Gasteiger partial charge on any atom is 0.251 e. The molecule has 0 unspecified atom stereocenters. The van der Waals surface area contributed by atoms with Gasteiger partial charge in [-0.1, -0.05) is 12.1 Å². The van der Waals surface area contributed by atoms with Crippen molar-refractivity contribution in [3.63, 3.8) is 0 Å². The van der Waals surface area contributed by atoms with Crippen LogP contribution in [0, 0.1) is 5.92 Å². The van der Waals surface area contributed by atoms with Crippen molar-refractivity contribution < 1.29 is 9.53 Å². The Hall–Kier alpha value is -3.98. The van der Waals surface area contributed by atoms with E-state index in [4.69, 9.17) is 14.7 Å². The molecule has 6 rings (SSSR count). The number of nitrogens with one attached hydrogen (secondary N) is 2. The highest BCUT2D eigenvalue weighted by Crippen LogP contribution is 2.33. The average molecular weight is 484 g/mol. The van der Waals surface area contributed by atoms with Crippen LogP contribution in [-0.4, -0.2) is 59.0 Å². The molecule has 184 valence electrons. The van der Waals surface area contributed by atoms with Gasteiger partial charge in [-0.05, 0) is 49.1 Å². The second kappa shape index (κ2) is 9.58. The molecule has 0 atom stereocenters. The van der Waals surface area contributed by atoms with Crippen molar-refractivity contribution in [3.8, 4) is 11.3 Å². The van der Waals surface area contributed by atoms with E-state index in [1.165, 1.54) is 12.8 Å². The normalized spacial score (nSPS) is 15.8. The van der Waals surface area contributed by atoms with Crippen molar-refractivity contribution >= 4 is 34.3 Å². The van der Waals surface area contributed by atoms with Gasteiger partial charge in [0.05, 0.1) is 30.6 Å². The molecule has 9 nitrogen and oxygen atoms in total. The van der Waals surface area contributed by atoms with E-state index in [1.54, 1.807) is 19.2 Å². The number of nitrogens with zero attached hydrogens (tertiary/aromatic N) is 5. The summed E-state index contributed by atoms with van der Waals surface area (Å²) in [6.45, 7) is 3.77. The molecule has 0 radical (unpaired) electrons. The number of rotatable bonds is 7. The van der Waals surface area contributed by atoms with Gasteiger partial charge in [-0.2, -0.15) is 10.1 Å². The maximum atomic E-state index is 11.9. The topological polar surface area (TPSA) is 97.2 Å². The number of aromatic nitrogens is 4. The minimum Gasteiger partial charge on any atom is -0.378 e. The molecular weight excluding hydrogens is 454 g/mol. The first-order chi connectivity index (χ1) is 17.7. The number of carbonyl (C=O) groups excluding carboxylic acids is 1. The van der Waals surface area contributed by atoms with Crippen LogP contribution >= 0.6 is 0 Å². The van der Waals surface area contributed by atoms with Crippen molar-refractivity contribution in [1.29, 1.82) is 0 Å². The third-order valence-electron chi connectivity index (χ3n) is 6.72. The predicted octanol–water partition coefficient (Wildman–Crippen LogP) is 3.84. The van der Waals surface area contributed by atoms with Gasteiger partial charge in [-0.25, -0.2) is 4.98 Å². The fraction of sp³-hybridized carbons (Fsp3) is 0.333. The summed E-state index contributed by atoms with van der Waals surface area (Å²) in [7, 11) is 1.63. The van der Waals surface area contributed by atoms with Gasteiger partial charge in [-0.15, -0.1) is 0 Å². The zero-order valence-corrected chi connectivity index (χ0v) is 20.3. The molecule has 36 heavy (non-hydrogen) atoms. The summed E-state index contributed by atoms with van der Waals surface area (Å²) in [6.07, 6.45) is 4.51. The zero-order chi connectivity index (χ0) is 24.5. The lowest BCUT2D eigenvalue weighted by Gasteiger charge is -2.27. The summed E-state index contributed by atoms with van der Waals surface area (Å²) >= 11 is 0. The molecule has 1 aliphatic heterocycles. The lowest BCUT2D eigenvalue weighted by Crippen LogP contribution is -2.37. The van der Waals surface area contributed by atoms with E-state index in [-0.39, 0.29) is 5.91 Å². The van der Waals surface area contributed by atoms with Crippen LogP contribution in [0.2, 0.25) is 0 Å². The number of benzene rings is 2. The van der Waals surface area contributed by atoms with Gasteiger partial charge in [0, 0.05) is 54.9 Å². The van der Waals surface area contributed by atoms with Gasteiger partial charge in [0.2, 0.25) is 5.95 Å². The minimum absolute atomic E-state index is 0.114. The standard InChI is InChI=1S/C27H29N7O2/c1-28-26(35)19-6-8-22(9-7-19)30-25-15-23(31-27(32-25)33-10-12-36-13-11-33)20-4-5-21-16-29-34(24(21)14-20)17-18-2-3-18/h4-9,14-16,18H,2-3,10-13,17H2,1H3,(H,28,35)(H,30,31,32). The number of hydrogen-bond acceptors (Lipinski definition) is 7. The van der Waals surface area contributed by atoms with Crippen LogP contribution in [0.4, 0.5) is 17.5 Å². The fourth-order valence-electron chi connectivity index (χ4n) is 4.47. The Labute approximate surface area is 209 Å². The number of ether oxygens (including phenoxy) is 1. The van der Waals surface area contributed by atoms with Crippen molar-refractivity contribution in [2.24, 2.45) is 5.92 Å². The number of morpholine rings is 1. The van der Waals surface area contributed by atoms with Crippen molar-refractivity contribution in [1.82, 2.24) is 25.1 Å². The second-order valence-electron chi connectivity index (χ2n) is 9.36. The molecule has 0 bridgehead atoms. The molecular formula is C27H29N7O2. The van der Waals surface area contributed by atoms with Crippen molar-refractivity contribution in [2.75, 3.05) is 43.6 Å². The van der Waals surface area contributed by atoms with E-state index in [0.29, 0.717) is 30.5 Å². The van der Waals surface area contributed by atoms with E-state index in [1.807, 2.05) is 24.4 Å². The Kier molecular flexibility index (Phi) is 5.98. The van der Waals surface area contributed by atoms with Crippen LogP contribution in [0.1, 0.15) is 23.2 Å². The van der Waals surface area contributed by atoms with Crippen LogP contribution < -0.4 is 15.5 Å². The van der Waals surface area contributed by atoms with Crippen LogP contribution in [0.3, 0.4) is 0 Å². The van der Waals surface area contributed by atoms with Gasteiger partial charge in [0.15, 0.2) is 0 Å². The Morgan fingerprint density at radius 1 is 1.06 bits per heavy atom. The van der Waals surface area contributed by atoms with E-state index >= 15 is 0 Å². The quantitative estimate of drug-likeness (QED) is 0.412. The number of amides is 1. The molecule has 4 aromatic rings. The maximum absolute atomic E-state index is 11.9. The molecule has 2 aromatic carbocycles. The molecule has 2 aliphatic rings. The summed E-state index contributed by atoms with van der Waals surface area (Å²) in [5.41, 5.74) is 4.45. The van der Waals surface area contributed by atoms with E-state index in [0.717, 1.165) is 53.4 Å². The number of anilines is 3. The number of hydrogen-bond donors (Lipinski definition) is 2. The van der Waals surface area contributed by atoms with E-state index < -0.39 is 0 Å². The molecule has 1 saturated heterocycles. The van der Waals surface area contributed by atoms with Crippen LogP contribution in [0.5, 0.6) is 0 Å². The average Bonchev–Trinajstić information content (AvgIpc) is 3.67. The SMILES string of the molecule is CNC(=O)c1ccc(Nc2cc(-c3ccc4cnn(CC5CC5)c4c3)nc(N3CCOCC3)n2)cc1. The molecule has 1 aliphatic carbocycles. The lowest BCUT2D eigenvalue weighted by atomic mass is 10.1. The van der Waals surface area contributed by atoms with Gasteiger partial charge in [0.25, 0.3) is 5.91 Å². The van der Waals surface area contributed by atoms with Crippen LogP contribution in [0.25, 0.3) is 22.2 Å². The highest BCUT2D eigenvalue weighted by molar-refractivity contribution is 5.94. The zero-order valence-electron chi connectivity index (χ0n) is 20.3. The molecule has 1 amide bonds. The molecule has 2 N–H and O–H groups in total. The molecule has 2 fully saturated rings. The highest BCUT2D eigenvalue weighted by atomic mass is 16.5. The Morgan fingerprint density at radius 3 is 2.61 bits per heavy atom. The summed E-state index contributed by atoms with van der Waals surface area (Å²) < 4.78 is 7.65. The summed E-state index contributed by atoms with van der Waals surface area (Å²) in [4.78, 5) is 23.8. The summed E-state index contributed by atoms with van der Waals surface area (Å²) in [5.74, 6) is 2.00. The first kappa shape index (κ1) is 22.5. The number of fused-ring (bicyclic) bond motifs is 1. The third-order valence-corrected chi connectivity index (χ3v) is 6.72. The fourth-order valence-corrected chi connectivity index (χ4v) is 4.47. The van der Waals surface area contributed by atoms with Gasteiger partial charge in [-0.3, -0.25) is 9.48 Å². The van der Waals surface area contributed by atoms with E-state index in [9.17, 15) is 4.79 Å². The Balaban J connectivity index is 1.35. The first-order valence-corrected chi connectivity index (χ1v) is 12.4. The molecule has 3 heterocycles. The van der Waals surface area contributed by atoms with E-state index in [2.05, 4.69) is 43.5 Å². The predicted molar refractivity (Wildman–Crippen MR) is 140 cm³/mol. The van der Waals surface area contributed by atoms with Crippen LogP contribution in [0.15, 0.2) is 54.7 Å². The smallest absolute Gasteiger partial charge is 0.251 e. The first-order valence-electron chi connectivity index (χ1n) is 12.4. The largest absolute Gasteiger partial charge is 0.378 e. The van der Waals surface area contributed by atoms with Crippen molar-refractivity contribution in [2.45, 2.75) is 19.4 Å². The summed E-state index contributed by atoms with van der Waals surface area (Å²) in [6, 6.07) is 15.7. The Morgan fingerprint density at radius 2 is 1.86 bits per heavy atom. The van der Waals surface area contributed by atoms with Gasteiger partial charge < -0.3 is 20.3 Å². The van der Waals surface area contributed by atoms with Gasteiger partial charge >= 0.3 is 0 Å². The summed E-state index contributed by atoms with van der Waals surface area (Å²) in [5, 5.41) is 11.8. The monoisotopic (exact) mass is 483 g/mol.